The smallest absolute Gasteiger partial charge is 0.273 e. The third kappa shape index (κ3) is 3.89. The molecule has 1 fully saturated rings. The first-order chi connectivity index (χ1) is 9.16. The maximum Gasteiger partial charge on any atom is 0.273 e. The Morgan fingerprint density at radius 2 is 1.95 bits per heavy atom. The Bertz CT molecular complexity index is 446. The summed E-state index contributed by atoms with van der Waals surface area (Å²) in [5, 5.41) is 14.0. The molecule has 1 saturated carbocycles. The number of rotatable bonds is 3. The highest BCUT2D eigenvalue weighted by molar-refractivity contribution is 5.88. The molecule has 1 aromatic carbocycles. The molecule has 1 atom stereocenters. The normalized spacial score (nSPS) is 20.7. The first-order valence-corrected chi connectivity index (χ1v) is 6.75. The third-order valence-corrected chi connectivity index (χ3v) is 3.54. The van der Waals surface area contributed by atoms with E-state index in [4.69, 9.17) is 0 Å². The minimum absolute atomic E-state index is 0.475. The summed E-state index contributed by atoms with van der Waals surface area (Å²) in [6.07, 6.45) is 2.95. The molecule has 1 aliphatic rings. The lowest BCUT2D eigenvalue weighted by Gasteiger charge is -2.19. The van der Waals surface area contributed by atoms with Gasteiger partial charge in [0.2, 0.25) is 0 Å². The molecule has 0 radical (unpaired) electrons. The van der Waals surface area contributed by atoms with Gasteiger partial charge in [-0.3, -0.25) is 4.79 Å². The van der Waals surface area contributed by atoms with Gasteiger partial charge in [-0.25, -0.2) is 5.43 Å². The first kappa shape index (κ1) is 13.7. The van der Waals surface area contributed by atoms with E-state index in [0.29, 0.717) is 5.56 Å². The molecular weight excluding hydrogens is 240 g/mol. The van der Waals surface area contributed by atoms with Crippen molar-refractivity contribution in [3.05, 3.63) is 35.9 Å². The highest BCUT2D eigenvalue weighted by Crippen LogP contribution is 2.21. The van der Waals surface area contributed by atoms with E-state index in [1.165, 1.54) is 0 Å². The Hall–Kier alpha value is -1.68. The van der Waals surface area contributed by atoms with Gasteiger partial charge in [0, 0.05) is 5.71 Å². The number of nitrogens with one attached hydrogen (secondary N) is 1. The molecule has 0 saturated heterocycles. The molecule has 0 bridgehead atoms. The van der Waals surface area contributed by atoms with Crippen molar-refractivity contribution >= 4 is 11.6 Å². The number of hydrogen-bond donors (Lipinski definition) is 2. The lowest BCUT2D eigenvalue weighted by molar-refractivity contribution is -0.129. The van der Waals surface area contributed by atoms with Crippen LogP contribution in [0, 0.1) is 5.92 Å². The standard InChI is InChI=1S/C15H20N2O2/c1-11-7-9-13(10-8-11)16-17-15(19)14(18)12-5-3-2-4-6-12/h2-6,11,14,18H,7-10H2,1H3,(H,17,19). The predicted molar refractivity (Wildman–Crippen MR) is 74.6 cm³/mol. The number of hydrazone groups is 1. The molecule has 2 N–H and O–H groups in total. The molecule has 1 amide bonds. The Labute approximate surface area is 113 Å². The van der Waals surface area contributed by atoms with Crippen LogP contribution in [0.5, 0.6) is 0 Å². The SMILES string of the molecule is CC1CCC(=NNC(=O)C(O)c2ccccc2)CC1. The molecule has 19 heavy (non-hydrogen) atoms. The van der Waals surface area contributed by atoms with Gasteiger partial charge in [0.15, 0.2) is 6.10 Å². The summed E-state index contributed by atoms with van der Waals surface area (Å²) in [5.41, 5.74) is 4.07. The van der Waals surface area contributed by atoms with Crippen LogP contribution in [-0.2, 0) is 4.79 Å². The van der Waals surface area contributed by atoms with Gasteiger partial charge in [-0.05, 0) is 37.2 Å². The lowest BCUT2D eigenvalue weighted by Crippen LogP contribution is -2.27. The zero-order chi connectivity index (χ0) is 13.7. The number of carbonyl (C=O) groups is 1. The molecule has 102 valence electrons. The minimum atomic E-state index is -1.16. The molecule has 0 aliphatic heterocycles. The molecule has 4 heteroatoms. The van der Waals surface area contributed by atoms with Gasteiger partial charge in [0.05, 0.1) is 0 Å². The van der Waals surface area contributed by atoms with Crippen molar-refractivity contribution in [2.45, 2.75) is 38.7 Å². The first-order valence-electron chi connectivity index (χ1n) is 6.75. The third-order valence-electron chi connectivity index (χ3n) is 3.54. The summed E-state index contributed by atoms with van der Waals surface area (Å²) in [6.45, 7) is 2.23. The molecule has 1 aliphatic carbocycles. The van der Waals surface area contributed by atoms with E-state index < -0.39 is 12.0 Å². The van der Waals surface area contributed by atoms with Crippen LogP contribution in [0.25, 0.3) is 0 Å². The predicted octanol–water partition coefficient (Wildman–Crippen LogP) is 2.40. The maximum absolute atomic E-state index is 11.8. The zero-order valence-corrected chi connectivity index (χ0v) is 11.2. The fourth-order valence-corrected chi connectivity index (χ4v) is 2.19. The van der Waals surface area contributed by atoms with Gasteiger partial charge in [-0.15, -0.1) is 0 Å². The summed E-state index contributed by atoms with van der Waals surface area (Å²) in [4.78, 5) is 11.8. The zero-order valence-electron chi connectivity index (χ0n) is 11.2. The van der Waals surface area contributed by atoms with Gasteiger partial charge in [0.1, 0.15) is 0 Å². The summed E-state index contributed by atoms with van der Waals surface area (Å²) in [6, 6.07) is 8.87. The topological polar surface area (TPSA) is 61.7 Å². The van der Waals surface area contributed by atoms with E-state index in [1.54, 1.807) is 24.3 Å². The Balaban J connectivity index is 1.89. The minimum Gasteiger partial charge on any atom is -0.378 e. The largest absolute Gasteiger partial charge is 0.378 e. The van der Waals surface area contributed by atoms with Crippen molar-refractivity contribution < 1.29 is 9.90 Å². The van der Waals surface area contributed by atoms with Crippen LogP contribution >= 0.6 is 0 Å². The van der Waals surface area contributed by atoms with Crippen molar-refractivity contribution in [1.82, 2.24) is 5.43 Å². The molecule has 1 aromatic rings. The van der Waals surface area contributed by atoms with Crippen molar-refractivity contribution in [3.8, 4) is 0 Å². The molecule has 0 heterocycles. The van der Waals surface area contributed by atoms with E-state index in [1.807, 2.05) is 6.07 Å². The van der Waals surface area contributed by atoms with Crippen LogP contribution in [0.1, 0.15) is 44.3 Å². The van der Waals surface area contributed by atoms with Crippen LogP contribution in [-0.4, -0.2) is 16.7 Å². The molecule has 1 unspecified atom stereocenters. The second-order valence-electron chi connectivity index (χ2n) is 5.15. The summed E-state index contributed by atoms with van der Waals surface area (Å²) in [7, 11) is 0. The lowest BCUT2D eigenvalue weighted by atomic mass is 9.90. The fourth-order valence-electron chi connectivity index (χ4n) is 2.19. The van der Waals surface area contributed by atoms with Gasteiger partial charge < -0.3 is 5.11 Å². The van der Waals surface area contributed by atoms with E-state index in [-0.39, 0.29) is 0 Å². The van der Waals surface area contributed by atoms with Crippen LogP contribution in [0.15, 0.2) is 35.4 Å². The van der Waals surface area contributed by atoms with Crippen LogP contribution in [0.4, 0.5) is 0 Å². The van der Waals surface area contributed by atoms with Crippen LogP contribution < -0.4 is 5.43 Å². The molecule has 4 nitrogen and oxygen atoms in total. The van der Waals surface area contributed by atoms with Crippen molar-refractivity contribution in [2.24, 2.45) is 11.0 Å². The van der Waals surface area contributed by atoms with Gasteiger partial charge in [-0.2, -0.15) is 5.10 Å². The van der Waals surface area contributed by atoms with E-state index in [0.717, 1.165) is 37.3 Å². The average molecular weight is 260 g/mol. The maximum atomic E-state index is 11.8. The van der Waals surface area contributed by atoms with Crippen LogP contribution in [0.2, 0.25) is 0 Å². The highest BCUT2D eigenvalue weighted by atomic mass is 16.3. The van der Waals surface area contributed by atoms with E-state index in [2.05, 4.69) is 17.5 Å². The summed E-state index contributed by atoms with van der Waals surface area (Å²) < 4.78 is 0. The molecule has 2 rings (SSSR count). The number of carbonyl (C=O) groups excluding carboxylic acids is 1. The second kappa shape index (κ2) is 6.48. The number of aliphatic hydroxyl groups excluding tert-OH is 1. The average Bonchev–Trinajstić information content (AvgIpc) is 2.46. The van der Waals surface area contributed by atoms with Gasteiger partial charge in [-0.1, -0.05) is 37.3 Å². The molecule has 0 spiro atoms. The van der Waals surface area contributed by atoms with E-state index >= 15 is 0 Å². The Morgan fingerprint density at radius 3 is 2.58 bits per heavy atom. The Morgan fingerprint density at radius 1 is 1.32 bits per heavy atom. The summed E-state index contributed by atoms with van der Waals surface area (Å²) >= 11 is 0. The molecule has 0 aromatic heterocycles. The monoisotopic (exact) mass is 260 g/mol. The van der Waals surface area contributed by atoms with Crippen molar-refractivity contribution in [1.29, 1.82) is 0 Å². The molecular formula is C15H20N2O2. The number of nitrogens with zero attached hydrogens (tertiary/aromatic N) is 1. The van der Waals surface area contributed by atoms with Gasteiger partial charge >= 0.3 is 0 Å². The quantitative estimate of drug-likeness (QED) is 0.820. The fraction of sp³-hybridized carbons (Fsp3) is 0.467. The van der Waals surface area contributed by atoms with E-state index in [9.17, 15) is 9.90 Å². The van der Waals surface area contributed by atoms with Gasteiger partial charge in [0.25, 0.3) is 5.91 Å². The van der Waals surface area contributed by atoms with Crippen molar-refractivity contribution in [3.63, 3.8) is 0 Å². The number of amides is 1. The second-order valence-corrected chi connectivity index (χ2v) is 5.15. The highest BCUT2D eigenvalue weighted by Gasteiger charge is 2.18. The number of aliphatic hydroxyl groups is 1. The Kier molecular flexibility index (Phi) is 4.68. The summed E-state index contributed by atoms with van der Waals surface area (Å²) in [5.74, 6) is 0.266. The van der Waals surface area contributed by atoms with Crippen LogP contribution in [0.3, 0.4) is 0 Å². The number of hydrogen-bond acceptors (Lipinski definition) is 3. The number of benzene rings is 1. The van der Waals surface area contributed by atoms with Crippen molar-refractivity contribution in [2.75, 3.05) is 0 Å².